The number of hydrogen-bond donors (Lipinski definition) is 1. The summed E-state index contributed by atoms with van der Waals surface area (Å²) in [5, 5.41) is 3.68. The van der Waals surface area contributed by atoms with Crippen molar-refractivity contribution in [1.29, 1.82) is 0 Å². The third kappa shape index (κ3) is 2.07. The predicted octanol–water partition coefficient (Wildman–Crippen LogP) is 2.93. The molecule has 1 saturated heterocycles. The molecule has 1 heteroatoms. The van der Waals surface area contributed by atoms with E-state index in [1.54, 1.807) is 5.56 Å². The zero-order chi connectivity index (χ0) is 10.1. The summed E-state index contributed by atoms with van der Waals surface area (Å²) in [6.45, 7) is 1.21. The van der Waals surface area contributed by atoms with E-state index in [2.05, 4.69) is 35.6 Å². The Kier molecular flexibility index (Phi) is 2.49. The van der Waals surface area contributed by atoms with Crippen LogP contribution < -0.4 is 5.32 Å². The molecule has 0 radical (unpaired) electrons. The number of rotatable bonds is 2. The molecule has 1 heterocycles. The van der Waals surface area contributed by atoms with Crippen molar-refractivity contribution in [3.63, 3.8) is 0 Å². The van der Waals surface area contributed by atoms with Gasteiger partial charge >= 0.3 is 0 Å². The molecule has 2 fully saturated rings. The lowest BCUT2D eigenvalue weighted by molar-refractivity contribution is 0.334. The van der Waals surface area contributed by atoms with Crippen LogP contribution in [-0.4, -0.2) is 12.6 Å². The summed E-state index contributed by atoms with van der Waals surface area (Å²) in [6, 6.07) is 11.8. The first-order chi connectivity index (χ1) is 7.43. The summed E-state index contributed by atoms with van der Waals surface area (Å²) in [5.41, 5.74) is 1.55. The van der Waals surface area contributed by atoms with Gasteiger partial charge in [0.1, 0.15) is 0 Å². The second-order valence-corrected chi connectivity index (χ2v) is 5.03. The van der Waals surface area contributed by atoms with Crippen LogP contribution in [0.15, 0.2) is 30.3 Å². The minimum atomic E-state index is 0.804. The molecule has 1 N–H and O–H groups in total. The van der Waals surface area contributed by atoms with Gasteiger partial charge in [-0.15, -0.1) is 0 Å². The highest BCUT2D eigenvalue weighted by Gasteiger charge is 2.34. The van der Waals surface area contributed by atoms with Gasteiger partial charge in [0.15, 0.2) is 0 Å². The maximum atomic E-state index is 3.68. The van der Waals surface area contributed by atoms with E-state index in [0.29, 0.717) is 0 Å². The molecule has 1 aromatic rings. The fourth-order valence-corrected chi connectivity index (χ4v) is 2.84. The molecule has 1 aliphatic heterocycles. The van der Waals surface area contributed by atoms with Gasteiger partial charge in [-0.05, 0) is 49.6 Å². The zero-order valence-corrected chi connectivity index (χ0v) is 9.15. The molecular formula is C14H19N. The SMILES string of the molecule is c1ccc([C@H]2CCN[C@H](C3CC3)C2)cc1. The maximum absolute atomic E-state index is 3.68. The largest absolute Gasteiger partial charge is 0.314 e. The van der Waals surface area contributed by atoms with Crippen molar-refractivity contribution in [1.82, 2.24) is 5.32 Å². The van der Waals surface area contributed by atoms with Crippen LogP contribution >= 0.6 is 0 Å². The van der Waals surface area contributed by atoms with Crippen LogP contribution in [0.3, 0.4) is 0 Å². The van der Waals surface area contributed by atoms with Gasteiger partial charge < -0.3 is 5.32 Å². The number of hydrogen-bond acceptors (Lipinski definition) is 1. The van der Waals surface area contributed by atoms with Crippen molar-refractivity contribution in [3.8, 4) is 0 Å². The molecule has 0 spiro atoms. The highest BCUT2D eigenvalue weighted by Crippen LogP contribution is 2.39. The smallest absolute Gasteiger partial charge is 0.0101 e. The summed E-state index contributed by atoms with van der Waals surface area (Å²) < 4.78 is 0. The molecule has 0 amide bonds. The Bertz CT molecular complexity index is 315. The van der Waals surface area contributed by atoms with Gasteiger partial charge in [0.05, 0.1) is 0 Å². The van der Waals surface area contributed by atoms with Crippen LogP contribution in [0.4, 0.5) is 0 Å². The van der Waals surface area contributed by atoms with E-state index in [1.807, 2.05) is 0 Å². The lowest BCUT2D eigenvalue weighted by Crippen LogP contribution is -2.38. The van der Waals surface area contributed by atoms with Crippen LogP contribution in [0.5, 0.6) is 0 Å². The van der Waals surface area contributed by atoms with Crippen molar-refractivity contribution in [2.75, 3.05) is 6.54 Å². The lowest BCUT2D eigenvalue weighted by Gasteiger charge is -2.30. The normalized spacial score (nSPS) is 31.5. The van der Waals surface area contributed by atoms with Gasteiger partial charge in [-0.3, -0.25) is 0 Å². The molecule has 80 valence electrons. The van der Waals surface area contributed by atoms with Crippen molar-refractivity contribution in [2.45, 2.75) is 37.6 Å². The quantitative estimate of drug-likeness (QED) is 0.775. The molecule has 1 saturated carbocycles. The van der Waals surface area contributed by atoms with Crippen molar-refractivity contribution < 1.29 is 0 Å². The van der Waals surface area contributed by atoms with Gasteiger partial charge in [0.25, 0.3) is 0 Å². The first kappa shape index (κ1) is 9.41. The number of piperidine rings is 1. The van der Waals surface area contributed by atoms with Gasteiger partial charge in [-0.2, -0.15) is 0 Å². The summed E-state index contributed by atoms with van der Waals surface area (Å²) in [7, 11) is 0. The van der Waals surface area contributed by atoms with E-state index in [9.17, 15) is 0 Å². The minimum absolute atomic E-state index is 0.804. The van der Waals surface area contributed by atoms with Gasteiger partial charge in [-0.1, -0.05) is 30.3 Å². The fraction of sp³-hybridized carbons (Fsp3) is 0.571. The van der Waals surface area contributed by atoms with E-state index in [1.165, 1.54) is 32.2 Å². The third-order valence-corrected chi connectivity index (χ3v) is 3.90. The van der Waals surface area contributed by atoms with E-state index in [-0.39, 0.29) is 0 Å². The second-order valence-electron chi connectivity index (χ2n) is 5.03. The molecule has 3 rings (SSSR count). The first-order valence-corrected chi connectivity index (χ1v) is 6.22. The van der Waals surface area contributed by atoms with Crippen LogP contribution in [0.25, 0.3) is 0 Å². The molecule has 1 aliphatic carbocycles. The molecule has 2 aliphatic rings. The summed E-state index contributed by atoms with van der Waals surface area (Å²) in [6.07, 6.45) is 5.58. The molecule has 2 atom stereocenters. The number of nitrogens with one attached hydrogen (secondary N) is 1. The Morgan fingerprint density at radius 2 is 1.80 bits per heavy atom. The van der Waals surface area contributed by atoms with Crippen LogP contribution in [0, 0.1) is 5.92 Å². The minimum Gasteiger partial charge on any atom is -0.314 e. The van der Waals surface area contributed by atoms with Crippen LogP contribution in [0.2, 0.25) is 0 Å². The van der Waals surface area contributed by atoms with E-state index in [0.717, 1.165) is 17.9 Å². The van der Waals surface area contributed by atoms with E-state index >= 15 is 0 Å². The van der Waals surface area contributed by atoms with Crippen molar-refractivity contribution in [2.24, 2.45) is 5.92 Å². The molecule has 1 aromatic carbocycles. The monoisotopic (exact) mass is 201 g/mol. The Hall–Kier alpha value is -0.820. The average Bonchev–Trinajstić information content (AvgIpc) is 3.14. The molecule has 0 aromatic heterocycles. The zero-order valence-electron chi connectivity index (χ0n) is 9.15. The highest BCUT2D eigenvalue weighted by atomic mass is 14.9. The standard InChI is InChI=1S/C14H19N/c1-2-4-11(5-3-1)13-8-9-15-14(10-13)12-6-7-12/h1-5,12-15H,6-10H2/t13-,14-/m0/s1. The van der Waals surface area contributed by atoms with E-state index in [4.69, 9.17) is 0 Å². The summed E-state index contributed by atoms with van der Waals surface area (Å²) in [4.78, 5) is 0. The summed E-state index contributed by atoms with van der Waals surface area (Å²) in [5.74, 6) is 1.80. The Morgan fingerprint density at radius 3 is 2.53 bits per heavy atom. The fourth-order valence-electron chi connectivity index (χ4n) is 2.84. The Balaban J connectivity index is 1.70. The van der Waals surface area contributed by atoms with Crippen molar-refractivity contribution >= 4 is 0 Å². The maximum Gasteiger partial charge on any atom is 0.0101 e. The van der Waals surface area contributed by atoms with Crippen molar-refractivity contribution in [3.05, 3.63) is 35.9 Å². The molecule has 15 heavy (non-hydrogen) atoms. The predicted molar refractivity (Wildman–Crippen MR) is 62.9 cm³/mol. The molecule has 0 bridgehead atoms. The average molecular weight is 201 g/mol. The van der Waals surface area contributed by atoms with E-state index < -0.39 is 0 Å². The topological polar surface area (TPSA) is 12.0 Å². The molecule has 0 unspecified atom stereocenters. The van der Waals surface area contributed by atoms with Gasteiger partial charge in [0.2, 0.25) is 0 Å². The van der Waals surface area contributed by atoms with Crippen LogP contribution in [-0.2, 0) is 0 Å². The lowest BCUT2D eigenvalue weighted by atomic mass is 9.85. The Labute approximate surface area is 91.9 Å². The second kappa shape index (κ2) is 3.97. The Morgan fingerprint density at radius 1 is 1.00 bits per heavy atom. The molecule has 1 nitrogen and oxygen atoms in total. The van der Waals surface area contributed by atoms with Gasteiger partial charge in [0, 0.05) is 6.04 Å². The third-order valence-electron chi connectivity index (χ3n) is 3.90. The molecular weight excluding hydrogens is 182 g/mol. The first-order valence-electron chi connectivity index (χ1n) is 6.22. The van der Waals surface area contributed by atoms with Gasteiger partial charge in [-0.25, -0.2) is 0 Å². The number of benzene rings is 1. The summed E-state index contributed by atoms with van der Waals surface area (Å²) >= 11 is 0. The highest BCUT2D eigenvalue weighted by molar-refractivity contribution is 5.20. The van der Waals surface area contributed by atoms with Crippen LogP contribution in [0.1, 0.15) is 37.2 Å².